The number of nitrogens with one attached hydrogen (secondary N) is 1. The highest BCUT2D eigenvalue weighted by Gasteiger charge is 2.24. The Labute approximate surface area is 174 Å². The van der Waals surface area contributed by atoms with Gasteiger partial charge in [0, 0.05) is 18.3 Å². The molecule has 1 amide bonds. The molecular formula is C23H23N3O4. The molecule has 1 heterocycles. The van der Waals surface area contributed by atoms with Crippen LogP contribution in [0.2, 0.25) is 0 Å². The lowest BCUT2D eigenvalue weighted by Gasteiger charge is -2.12. The summed E-state index contributed by atoms with van der Waals surface area (Å²) in [5.74, 6) is -0.341. The second-order valence-electron chi connectivity index (χ2n) is 6.48. The van der Waals surface area contributed by atoms with E-state index in [4.69, 9.17) is 9.47 Å². The molecule has 0 spiro atoms. The van der Waals surface area contributed by atoms with Gasteiger partial charge in [-0.2, -0.15) is 5.10 Å². The van der Waals surface area contributed by atoms with Crippen molar-refractivity contribution < 1.29 is 19.1 Å². The molecule has 0 saturated carbocycles. The van der Waals surface area contributed by atoms with Gasteiger partial charge >= 0.3 is 5.97 Å². The van der Waals surface area contributed by atoms with Crippen LogP contribution >= 0.6 is 0 Å². The van der Waals surface area contributed by atoms with Crippen LogP contribution in [0.1, 0.15) is 17.3 Å². The van der Waals surface area contributed by atoms with Crippen molar-refractivity contribution in [3.63, 3.8) is 0 Å². The van der Waals surface area contributed by atoms with E-state index in [2.05, 4.69) is 17.0 Å². The predicted molar refractivity (Wildman–Crippen MR) is 114 cm³/mol. The van der Waals surface area contributed by atoms with Gasteiger partial charge in [0.05, 0.1) is 12.8 Å². The van der Waals surface area contributed by atoms with Crippen LogP contribution in [0.15, 0.2) is 73.4 Å². The lowest BCUT2D eigenvalue weighted by molar-refractivity contribution is -0.128. The first-order chi connectivity index (χ1) is 14.5. The van der Waals surface area contributed by atoms with Crippen LogP contribution in [-0.4, -0.2) is 41.4 Å². The van der Waals surface area contributed by atoms with Crippen LogP contribution in [0.5, 0.6) is 5.75 Å². The van der Waals surface area contributed by atoms with E-state index in [1.807, 2.05) is 42.5 Å². The third-order valence-electron chi connectivity index (χ3n) is 4.39. The number of nitrogens with zero attached hydrogens (tertiary/aromatic N) is 2. The fraction of sp³-hybridized carbons (Fsp3) is 0.174. The molecule has 0 aliphatic rings. The molecule has 0 saturated heterocycles. The highest BCUT2D eigenvalue weighted by Crippen LogP contribution is 2.26. The average Bonchev–Trinajstić information content (AvgIpc) is 3.23. The molecule has 1 unspecified atom stereocenters. The molecule has 0 bridgehead atoms. The zero-order chi connectivity index (χ0) is 21.5. The molecule has 154 valence electrons. The van der Waals surface area contributed by atoms with Gasteiger partial charge in [0.25, 0.3) is 5.91 Å². The number of benzene rings is 2. The number of hydrogen-bond donors (Lipinski definition) is 1. The van der Waals surface area contributed by atoms with E-state index >= 15 is 0 Å². The van der Waals surface area contributed by atoms with Crippen LogP contribution in [0.4, 0.5) is 0 Å². The van der Waals surface area contributed by atoms with Crippen LogP contribution in [0.3, 0.4) is 0 Å². The molecule has 7 nitrogen and oxygen atoms in total. The Bertz CT molecular complexity index is 1030. The quantitative estimate of drug-likeness (QED) is 0.459. The van der Waals surface area contributed by atoms with E-state index in [-0.39, 0.29) is 5.56 Å². The van der Waals surface area contributed by atoms with Crippen LogP contribution in [0.25, 0.3) is 16.9 Å². The number of amides is 1. The van der Waals surface area contributed by atoms with Crippen molar-refractivity contribution in [3.8, 4) is 22.7 Å². The summed E-state index contributed by atoms with van der Waals surface area (Å²) in [5.41, 5.74) is 2.22. The third-order valence-corrected chi connectivity index (χ3v) is 4.39. The molecule has 3 rings (SSSR count). The van der Waals surface area contributed by atoms with E-state index in [1.54, 1.807) is 36.2 Å². The Hall–Kier alpha value is -3.87. The summed E-state index contributed by atoms with van der Waals surface area (Å²) in [7, 11) is 1.58. The maximum Gasteiger partial charge on any atom is 0.342 e. The van der Waals surface area contributed by atoms with Crippen molar-refractivity contribution >= 4 is 11.9 Å². The number of esters is 1. The second kappa shape index (κ2) is 9.56. The summed E-state index contributed by atoms with van der Waals surface area (Å²) in [6.07, 6.45) is 2.20. The van der Waals surface area contributed by atoms with Crippen molar-refractivity contribution in [2.45, 2.75) is 13.0 Å². The van der Waals surface area contributed by atoms with Gasteiger partial charge in [-0.3, -0.25) is 4.79 Å². The van der Waals surface area contributed by atoms with Gasteiger partial charge in [0.15, 0.2) is 6.10 Å². The highest BCUT2D eigenvalue weighted by atomic mass is 16.5. The molecule has 1 N–H and O–H groups in total. The van der Waals surface area contributed by atoms with Gasteiger partial charge in [-0.15, -0.1) is 6.58 Å². The molecule has 3 aromatic rings. The Morgan fingerprint density at radius 1 is 1.17 bits per heavy atom. The normalized spacial score (nSPS) is 11.4. The largest absolute Gasteiger partial charge is 0.497 e. The van der Waals surface area contributed by atoms with Crippen molar-refractivity contribution in [2.75, 3.05) is 13.7 Å². The minimum atomic E-state index is -0.957. The van der Waals surface area contributed by atoms with E-state index in [0.717, 1.165) is 11.3 Å². The van der Waals surface area contributed by atoms with Crippen molar-refractivity contribution in [1.82, 2.24) is 15.1 Å². The molecule has 0 aliphatic heterocycles. The lowest BCUT2D eigenvalue weighted by atomic mass is 10.1. The zero-order valence-corrected chi connectivity index (χ0v) is 16.9. The SMILES string of the molecule is C=CCNC(=O)C(C)OC(=O)c1cn(-c2ccccc2)nc1-c1ccc(OC)cc1. The number of carbonyl (C=O) groups excluding carboxylic acids is 2. The average molecular weight is 405 g/mol. The first-order valence-corrected chi connectivity index (χ1v) is 9.42. The fourth-order valence-electron chi connectivity index (χ4n) is 2.79. The van der Waals surface area contributed by atoms with E-state index in [0.29, 0.717) is 18.0 Å². The number of para-hydroxylation sites is 1. The Balaban J connectivity index is 1.94. The molecule has 0 aliphatic carbocycles. The Kier molecular flexibility index (Phi) is 6.64. The van der Waals surface area contributed by atoms with Crippen molar-refractivity contribution in [3.05, 3.63) is 79.0 Å². The summed E-state index contributed by atoms with van der Waals surface area (Å²) in [4.78, 5) is 24.9. The monoisotopic (exact) mass is 405 g/mol. The molecule has 2 aromatic carbocycles. The summed E-state index contributed by atoms with van der Waals surface area (Å²) in [5, 5.41) is 7.20. The van der Waals surface area contributed by atoms with E-state index < -0.39 is 18.0 Å². The molecule has 1 aromatic heterocycles. The topological polar surface area (TPSA) is 82.5 Å². The first kappa shape index (κ1) is 20.9. The molecule has 7 heteroatoms. The summed E-state index contributed by atoms with van der Waals surface area (Å²) >= 11 is 0. The predicted octanol–water partition coefficient (Wildman–Crippen LogP) is 3.40. The molecule has 1 atom stereocenters. The van der Waals surface area contributed by atoms with Crippen molar-refractivity contribution in [1.29, 1.82) is 0 Å². The standard InChI is InChI=1S/C23H23N3O4/c1-4-14-24-22(27)16(2)30-23(28)20-15-26(18-8-6-5-7-9-18)25-21(20)17-10-12-19(29-3)13-11-17/h4-13,15-16H,1,14H2,2-3H3,(H,24,27). The van der Waals surface area contributed by atoms with Gasteiger partial charge in [-0.05, 0) is 43.3 Å². The Morgan fingerprint density at radius 3 is 2.50 bits per heavy atom. The zero-order valence-electron chi connectivity index (χ0n) is 16.9. The number of carbonyl (C=O) groups is 2. The van der Waals surface area contributed by atoms with Gasteiger partial charge in [-0.1, -0.05) is 24.3 Å². The van der Waals surface area contributed by atoms with Gasteiger partial charge in [0.1, 0.15) is 17.0 Å². The third kappa shape index (κ3) is 4.75. The first-order valence-electron chi connectivity index (χ1n) is 9.42. The highest BCUT2D eigenvalue weighted by molar-refractivity contribution is 5.97. The van der Waals surface area contributed by atoms with Crippen molar-refractivity contribution in [2.24, 2.45) is 0 Å². The molecular weight excluding hydrogens is 382 g/mol. The Morgan fingerprint density at radius 2 is 1.87 bits per heavy atom. The maximum atomic E-state index is 12.9. The lowest BCUT2D eigenvalue weighted by Crippen LogP contribution is -2.35. The summed E-state index contributed by atoms with van der Waals surface area (Å²) in [6.45, 7) is 5.36. The number of rotatable bonds is 8. The molecule has 0 fully saturated rings. The number of aromatic nitrogens is 2. The number of hydrogen-bond acceptors (Lipinski definition) is 5. The van der Waals surface area contributed by atoms with Gasteiger partial charge in [0.2, 0.25) is 0 Å². The minimum absolute atomic E-state index is 0.257. The minimum Gasteiger partial charge on any atom is -0.497 e. The summed E-state index contributed by atoms with van der Waals surface area (Å²) in [6, 6.07) is 16.6. The molecule has 30 heavy (non-hydrogen) atoms. The molecule has 0 radical (unpaired) electrons. The summed E-state index contributed by atoms with van der Waals surface area (Å²) < 4.78 is 12.2. The van der Waals surface area contributed by atoms with E-state index in [9.17, 15) is 9.59 Å². The van der Waals surface area contributed by atoms with Crippen LogP contribution in [-0.2, 0) is 9.53 Å². The maximum absolute atomic E-state index is 12.9. The fourth-order valence-corrected chi connectivity index (χ4v) is 2.79. The number of ether oxygens (including phenoxy) is 2. The van der Waals surface area contributed by atoms with Gasteiger partial charge < -0.3 is 14.8 Å². The second-order valence-corrected chi connectivity index (χ2v) is 6.48. The van der Waals surface area contributed by atoms with Gasteiger partial charge in [-0.25, -0.2) is 9.48 Å². The van der Waals surface area contributed by atoms with E-state index in [1.165, 1.54) is 6.92 Å². The smallest absolute Gasteiger partial charge is 0.342 e. The number of methoxy groups -OCH3 is 1. The van der Waals surface area contributed by atoms with Crippen LogP contribution in [0, 0.1) is 0 Å². The van der Waals surface area contributed by atoms with Crippen LogP contribution < -0.4 is 10.1 Å².